The van der Waals surface area contributed by atoms with Crippen molar-refractivity contribution in [2.24, 2.45) is 11.7 Å². The van der Waals surface area contributed by atoms with Crippen LogP contribution in [0.3, 0.4) is 0 Å². The zero-order valence-corrected chi connectivity index (χ0v) is 11.1. The van der Waals surface area contributed by atoms with Gasteiger partial charge in [0.25, 0.3) is 0 Å². The first-order valence-electron chi connectivity index (χ1n) is 6.86. The monoisotopic (exact) mass is 246 g/mol. The van der Waals surface area contributed by atoms with Crippen molar-refractivity contribution in [2.45, 2.75) is 39.2 Å². The Bertz CT molecular complexity index is 393. The van der Waals surface area contributed by atoms with Crippen LogP contribution in [0.5, 0.6) is 0 Å². The van der Waals surface area contributed by atoms with Crippen LogP contribution in [-0.2, 0) is 11.3 Å². The van der Waals surface area contributed by atoms with Crippen molar-refractivity contribution in [1.82, 2.24) is 0 Å². The summed E-state index contributed by atoms with van der Waals surface area (Å²) < 4.78 is 0. The molecule has 0 bridgehead atoms. The van der Waals surface area contributed by atoms with Crippen molar-refractivity contribution in [2.75, 3.05) is 11.4 Å². The van der Waals surface area contributed by atoms with Gasteiger partial charge in [-0.2, -0.15) is 0 Å². The lowest BCUT2D eigenvalue weighted by atomic mass is 10.1. The van der Waals surface area contributed by atoms with Gasteiger partial charge in [0.15, 0.2) is 0 Å². The second-order valence-electron chi connectivity index (χ2n) is 4.93. The minimum absolute atomic E-state index is 0.235. The van der Waals surface area contributed by atoms with Gasteiger partial charge in [-0.25, -0.2) is 0 Å². The molecule has 1 fully saturated rings. The summed E-state index contributed by atoms with van der Waals surface area (Å²) in [5.41, 5.74) is 7.68. The third kappa shape index (κ3) is 2.72. The molecule has 3 heteroatoms. The third-order valence-electron chi connectivity index (χ3n) is 3.77. The number of nitrogens with zero attached hydrogens (tertiary/aromatic N) is 1. The molecule has 0 aromatic heterocycles. The molecular formula is C15H22N2O. The van der Waals surface area contributed by atoms with E-state index in [1.165, 1.54) is 12.8 Å². The number of hydrogen-bond acceptors (Lipinski definition) is 2. The molecule has 98 valence electrons. The van der Waals surface area contributed by atoms with Gasteiger partial charge < -0.3 is 10.6 Å². The zero-order chi connectivity index (χ0) is 13.0. The van der Waals surface area contributed by atoms with E-state index in [2.05, 4.69) is 0 Å². The molecule has 0 saturated heterocycles. The van der Waals surface area contributed by atoms with Crippen molar-refractivity contribution in [3.05, 3.63) is 29.8 Å². The van der Waals surface area contributed by atoms with Crippen LogP contribution in [0.1, 0.15) is 38.2 Å². The van der Waals surface area contributed by atoms with Crippen LogP contribution >= 0.6 is 0 Å². The minimum Gasteiger partial charge on any atom is -0.326 e. The molecule has 0 unspecified atom stereocenters. The Morgan fingerprint density at radius 1 is 1.28 bits per heavy atom. The van der Waals surface area contributed by atoms with Crippen molar-refractivity contribution >= 4 is 11.6 Å². The summed E-state index contributed by atoms with van der Waals surface area (Å²) >= 11 is 0. The molecule has 0 radical (unpaired) electrons. The lowest BCUT2D eigenvalue weighted by Crippen LogP contribution is -2.35. The number of carbonyl (C=O) groups excluding carboxylic acids is 1. The number of hydrogen-bond donors (Lipinski definition) is 1. The molecule has 1 aromatic rings. The van der Waals surface area contributed by atoms with Crippen LogP contribution in [0.25, 0.3) is 0 Å². The summed E-state index contributed by atoms with van der Waals surface area (Å²) in [6.45, 7) is 3.31. The normalized spacial score (nSPS) is 15.9. The Kier molecular flexibility index (Phi) is 4.37. The summed E-state index contributed by atoms with van der Waals surface area (Å²) in [7, 11) is 0. The van der Waals surface area contributed by atoms with Crippen LogP contribution in [0.15, 0.2) is 24.3 Å². The molecule has 1 amide bonds. The molecular weight excluding hydrogens is 224 g/mol. The second-order valence-corrected chi connectivity index (χ2v) is 4.93. The quantitative estimate of drug-likeness (QED) is 0.887. The van der Waals surface area contributed by atoms with Crippen molar-refractivity contribution in [3.63, 3.8) is 0 Å². The fourth-order valence-electron chi connectivity index (χ4n) is 2.67. The Labute approximate surface area is 109 Å². The summed E-state index contributed by atoms with van der Waals surface area (Å²) in [5, 5.41) is 0. The Hall–Kier alpha value is -1.35. The molecule has 2 rings (SSSR count). The highest BCUT2D eigenvalue weighted by atomic mass is 16.2. The van der Waals surface area contributed by atoms with Crippen molar-refractivity contribution < 1.29 is 4.79 Å². The molecule has 0 aliphatic heterocycles. The van der Waals surface area contributed by atoms with Crippen LogP contribution in [0, 0.1) is 5.92 Å². The number of amides is 1. The summed E-state index contributed by atoms with van der Waals surface area (Å²) in [6.07, 6.45) is 4.49. The van der Waals surface area contributed by atoms with E-state index in [0.717, 1.165) is 30.6 Å². The molecule has 0 spiro atoms. The summed E-state index contributed by atoms with van der Waals surface area (Å²) in [5.74, 6) is 0.523. The average Bonchev–Trinajstić information content (AvgIpc) is 2.94. The standard InChI is InChI=1S/C15H22N2O/c1-2-17(15(18)13-5-3-4-6-13)14-9-7-12(11-16)8-10-14/h7-10,13H,2-6,11,16H2,1H3. The van der Waals surface area contributed by atoms with Crippen LogP contribution in [0.4, 0.5) is 5.69 Å². The van der Waals surface area contributed by atoms with E-state index in [1.807, 2.05) is 36.1 Å². The molecule has 3 nitrogen and oxygen atoms in total. The Balaban J connectivity index is 2.13. The smallest absolute Gasteiger partial charge is 0.230 e. The number of anilines is 1. The molecule has 0 atom stereocenters. The SMILES string of the molecule is CCN(C(=O)C1CCCC1)c1ccc(CN)cc1. The first-order valence-corrected chi connectivity index (χ1v) is 6.86. The highest BCUT2D eigenvalue weighted by Crippen LogP contribution is 2.28. The van der Waals surface area contributed by atoms with E-state index in [-0.39, 0.29) is 11.8 Å². The van der Waals surface area contributed by atoms with Crippen LogP contribution in [-0.4, -0.2) is 12.5 Å². The van der Waals surface area contributed by atoms with E-state index in [1.54, 1.807) is 0 Å². The molecule has 1 aliphatic rings. The highest BCUT2D eigenvalue weighted by Gasteiger charge is 2.27. The minimum atomic E-state index is 0.235. The summed E-state index contributed by atoms with van der Waals surface area (Å²) in [4.78, 5) is 14.3. The van der Waals surface area contributed by atoms with Crippen molar-refractivity contribution in [3.8, 4) is 0 Å². The Morgan fingerprint density at radius 3 is 2.39 bits per heavy atom. The van der Waals surface area contributed by atoms with Crippen LogP contribution < -0.4 is 10.6 Å². The van der Waals surface area contributed by atoms with E-state index < -0.39 is 0 Å². The lowest BCUT2D eigenvalue weighted by Gasteiger charge is -2.24. The predicted molar refractivity (Wildman–Crippen MR) is 74.3 cm³/mol. The number of benzene rings is 1. The van der Waals surface area contributed by atoms with Crippen molar-refractivity contribution in [1.29, 1.82) is 0 Å². The Morgan fingerprint density at radius 2 is 1.89 bits per heavy atom. The highest BCUT2D eigenvalue weighted by molar-refractivity contribution is 5.95. The molecule has 1 aliphatic carbocycles. The van der Waals surface area contributed by atoms with Gasteiger partial charge in [0.1, 0.15) is 0 Å². The molecule has 2 N–H and O–H groups in total. The maximum atomic E-state index is 12.4. The van der Waals surface area contributed by atoms with Crippen LogP contribution in [0.2, 0.25) is 0 Å². The molecule has 18 heavy (non-hydrogen) atoms. The maximum Gasteiger partial charge on any atom is 0.230 e. The van der Waals surface area contributed by atoms with Gasteiger partial charge in [-0.15, -0.1) is 0 Å². The van der Waals surface area contributed by atoms with Gasteiger partial charge in [0.2, 0.25) is 5.91 Å². The first kappa shape index (κ1) is 13.1. The van der Waals surface area contributed by atoms with Gasteiger partial charge >= 0.3 is 0 Å². The molecule has 1 aromatic carbocycles. The molecule has 1 saturated carbocycles. The largest absolute Gasteiger partial charge is 0.326 e. The number of nitrogens with two attached hydrogens (primary N) is 1. The van der Waals surface area contributed by atoms with Gasteiger partial charge in [-0.05, 0) is 37.5 Å². The number of rotatable bonds is 4. The molecule has 0 heterocycles. The third-order valence-corrected chi connectivity index (χ3v) is 3.77. The van der Waals surface area contributed by atoms with Gasteiger partial charge in [0, 0.05) is 24.7 Å². The number of carbonyl (C=O) groups is 1. The average molecular weight is 246 g/mol. The fraction of sp³-hybridized carbons (Fsp3) is 0.533. The maximum absolute atomic E-state index is 12.4. The predicted octanol–water partition coefficient (Wildman–Crippen LogP) is 2.69. The van der Waals surface area contributed by atoms with E-state index in [9.17, 15) is 4.79 Å². The lowest BCUT2D eigenvalue weighted by molar-refractivity contribution is -0.122. The second kappa shape index (κ2) is 6.01. The van der Waals surface area contributed by atoms with E-state index >= 15 is 0 Å². The van der Waals surface area contributed by atoms with E-state index in [0.29, 0.717) is 6.54 Å². The first-order chi connectivity index (χ1) is 8.76. The van der Waals surface area contributed by atoms with Gasteiger partial charge in [0.05, 0.1) is 0 Å². The summed E-state index contributed by atoms with van der Waals surface area (Å²) in [6, 6.07) is 8.00. The van der Waals surface area contributed by atoms with E-state index in [4.69, 9.17) is 5.73 Å². The zero-order valence-electron chi connectivity index (χ0n) is 11.1. The van der Waals surface area contributed by atoms with Gasteiger partial charge in [-0.3, -0.25) is 4.79 Å². The fourth-order valence-corrected chi connectivity index (χ4v) is 2.67. The topological polar surface area (TPSA) is 46.3 Å². The van der Waals surface area contributed by atoms with Gasteiger partial charge in [-0.1, -0.05) is 25.0 Å².